The molecule has 1 aliphatic rings. The molecular formula is C25H25N5O3. The zero-order chi connectivity index (χ0) is 23.5. The fourth-order valence-electron chi connectivity index (χ4n) is 4.17. The number of benzene rings is 2. The number of carbonyl (C=O) groups is 1. The predicted molar refractivity (Wildman–Crippen MR) is 125 cm³/mol. The van der Waals surface area contributed by atoms with E-state index in [1.807, 2.05) is 59.5 Å². The van der Waals surface area contributed by atoms with Gasteiger partial charge in [0.2, 0.25) is 5.91 Å². The number of anilines is 1. The molecule has 1 amide bonds. The van der Waals surface area contributed by atoms with Gasteiger partial charge in [-0.3, -0.25) is 18.7 Å². The summed E-state index contributed by atoms with van der Waals surface area (Å²) in [6, 6.07) is 17.9. The molecule has 0 spiro atoms. The molecule has 0 bridgehead atoms. The van der Waals surface area contributed by atoms with Crippen LogP contribution >= 0.6 is 0 Å². The van der Waals surface area contributed by atoms with Crippen LogP contribution in [0.1, 0.15) is 29.5 Å². The van der Waals surface area contributed by atoms with Gasteiger partial charge in [0.1, 0.15) is 11.9 Å². The van der Waals surface area contributed by atoms with Crippen LogP contribution in [0, 0.1) is 11.3 Å². The van der Waals surface area contributed by atoms with Crippen molar-refractivity contribution >= 4 is 11.7 Å². The monoisotopic (exact) mass is 443 g/mol. The summed E-state index contributed by atoms with van der Waals surface area (Å²) in [7, 11) is 2.88. The lowest BCUT2D eigenvalue weighted by atomic mass is 9.98. The van der Waals surface area contributed by atoms with Crippen LogP contribution in [0.2, 0.25) is 0 Å². The van der Waals surface area contributed by atoms with E-state index in [9.17, 15) is 19.6 Å². The number of likely N-dealkylation sites (tertiary alicyclic amines) is 1. The Labute approximate surface area is 191 Å². The first-order valence-electron chi connectivity index (χ1n) is 10.8. The highest BCUT2D eigenvalue weighted by molar-refractivity contribution is 5.78. The Morgan fingerprint density at radius 3 is 2.39 bits per heavy atom. The number of aromatic nitrogens is 2. The zero-order valence-electron chi connectivity index (χ0n) is 18.7. The van der Waals surface area contributed by atoms with Gasteiger partial charge in [0.05, 0.1) is 0 Å². The summed E-state index contributed by atoms with van der Waals surface area (Å²) >= 11 is 0. The second kappa shape index (κ2) is 9.17. The van der Waals surface area contributed by atoms with E-state index < -0.39 is 11.2 Å². The summed E-state index contributed by atoms with van der Waals surface area (Å²) in [6.07, 6.45) is 1.55. The second-order valence-electron chi connectivity index (χ2n) is 8.17. The summed E-state index contributed by atoms with van der Waals surface area (Å²) < 4.78 is 2.20. The molecule has 0 unspecified atom stereocenters. The van der Waals surface area contributed by atoms with Gasteiger partial charge in [-0.1, -0.05) is 48.5 Å². The van der Waals surface area contributed by atoms with Gasteiger partial charge in [-0.05, 0) is 28.7 Å². The second-order valence-corrected chi connectivity index (χ2v) is 8.17. The molecule has 1 saturated heterocycles. The SMILES string of the molecule is Cn1c(NCc2ccccc2-c2ccc(CN3CCCC3=O)cc2)c(C#N)c(=O)n(C)c1=O. The van der Waals surface area contributed by atoms with Gasteiger partial charge in [0, 0.05) is 40.2 Å². The van der Waals surface area contributed by atoms with Crippen LogP contribution in [0.4, 0.5) is 5.82 Å². The number of nitrogens with one attached hydrogen (secondary N) is 1. The van der Waals surface area contributed by atoms with Crippen molar-refractivity contribution in [2.75, 3.05) is 11.9 Å². The quantitative estimate of drug-likeness (QED) is 0.630. The highest BCUT2D eigenvalue weighted by Crippen LogP contribution is 2.26. The van der Waals surface area contributed by atoms with Crippen LogP contribution in [0.5, 0.6) is 0 Å². The molecular weight excluding hydrogens is 418 g/mol. The molecule has 1 aliphatic heterocycles. The smallest absolute Gasteiger partial charge is 0.332 e. The maximum atomic E-state index is 12.3. The van der Waals surface area contributed by atoms with E-state index in [1.54, 1.807) is 0 Å². The highest BCUT2D eigenvalue weighted by Gasteiger charge is 2.20. The van der Waals surface area contributed by atoms with E-state index in [4.69, 9.17) is 0 Å². The number of hydrogen-bond acceptors (Lipinski definition) is 5. The lowest BCUT2D eigenvalue weighted by Crippen LogP contribution is -2.39. The average Bonchev–Trinajstić information content (AvgIpc) is 3.24. The van der Waals surface area contributed by atoms with E-state index in [0.29, 0.717) is 19.5 Å². The highest BCUT2D eigenvalue weighted by atomic mass is 16.2. The van der Waals surface area contributed by atoms with Gasteiger partial charge in [-0.25, -0.2) is 4.79 Å². The van der Waals surface area contributed by atoms with Crippen LogP contribution in [0.25, 0.3) is 11.1 Å². The Balaban J connectivity index is 1.58. The molecule has 8 nitrogen and oxygen atoms in total. The number of rotatable bonds is 6. The Morgan fingerprint density at radius 1 is 1.00 bits per heavy atom. The number of amides is 1. The molecule has 0 saturated carbocycles. The Hall–Kier alpha value is -4.12. The van der Waals surface area contributed by atoms with Gasteiger partial charge in [0.25, 0.3) is 5.56 Å². The molecule has 3 aromatic rings. The molecule has 33 heavy (non-hydrogen) atoms. The minimum Gasteiger partial charge on any atom is -0.366 e. The fraction of sp³-hybridized carbons (Fsp3) is 0.280. The molecule has 0 aliphatic carbocycles. The van der Waals surface area contributed by atoms with Gasteiger partial charge in [-0.15, -0.1) is 0 Å². The fourth-order valence-corrected chi connectivity index (χ4v) is 4.17. The Morgan fingerprint density at radius 2 is 1.73 bits per heavy atom. The summed E-state index contributed by atoms with van der Waals surface area (Å²) in [5.41, 5.74) is 2.84. The molecule has 2 aromatic carbocycles. The van der Waals surface area contributed by atoms with Gasteiger partial charge in [0.15, 0.2) is 5.56 Å². The zero-order valence-corrected chi connectivity index (χ0v) is 18.7. The van der Waals surface area contributed by atoms with E-state index in [0.717, 1.165) is 39.8 Å². The van der Waals surface area contributed by atoms with Gasteiger partial charge in [-0.2, -0.15) is 5.26 Å². The van der Waals surface area contributed by atoms with E-state index in [1.165, 1.54) is 18.7 Å². The molecule has 0 radical (unpaired) electrons. The third-order valence-corrected chi connectivity index (χ3v) is 6.05. The summed E-state index contributed by atoms with van der Waals surface area (Å²) in [5, 5.41) is 12.6. The molecule has 2 heterocycles. The van der Waals surface area contributed by atoms with Crippen molar-refractivity contribution in [3.05, 3.63) is 86.1 Å². The first-order valence-corrected chi connectivity index (χ1v) is 10.8. The van der Waals surface area contributed by atoms with Crippen molar-refractivity contribution in [2.45, 2.75) is 25.9 Å². The van der Waals surface area contributed by atoms with E-state index >= 15 is 0 Å². The van der Waals surface area contributed by atoms with Crippen molar-refractivity contribution in [3.8, 4) is 17.2 Å². The minimum absolute atomic E-state index is 0.0992. The standard InChI is InChI=1S/C25H25N5O3/c1-28-23(21(14-26)24(32)29(2)25(28)33)27-15-19-6-3-4-7-20(19)18-11-9-17(10-12-18)16-30-13-5-8-22(30)31/h3-4,6-7,9-12,27H,5,8,13,15-16H2,1-2H3. The van der Waals surface area contributed by atoms with E-state index in [-0.39, 0.29) is 17.3 Å². The largest absolute Gasteiger partial charge is 0.366 e. The van der Waals surface area contributed by atoms with Crippen molar-refractivity contribution in [2.24, 2.45) is 14.1 Å². The molecule has 1 aromatic heterocycles. The maximum Gasteiger partial charge on any atom is 0.332 e. The summed E-state index contributed by atoms with van der Waals surface area (Å²) in [4.78, 5) is 38.4. The lowest BCUT2D eigenvalue weighted by molar-refractivity contribution is -0.128. The number of nitrogens with zero attached hydrogens (tertiary/aromatic N) is 4. The average molecular weight is 444 g/mol. The normalized spacial score (nSPS) is 13.2. The van der Waals surface area contributed by atoms with Crippen molar-refractivity contribution in [1.82, 2.24) is 14.0 Å². The third kappa shape index (κ3) is 4.30. The van der Waals surface area contributed by atoms with Gasteiger partial charge >= 0.3 is 5.69 Å². The molecule has 8 heteroatoms. The lowest BCUT2D eigenvalue weighted by Gasteiger charge is -2.17. The van der Waals surface area contributed by atoms with Crippen LogP contribution in [0.3, 0.4) is 0 Å². The van der Waals surface area contributed by atoms with Crippen LogP contribution < -0.4 is 16.6 Å². The Kier molecular flexibility index (Phi) is 6.13. The molecule has 0 atom stereocenters. The molecule has 168 valence electrons. The van der Waals surface area contributed by atoms with Crippen LogP contribution in [0.15, 0.2) is 58.1 Å². The number of nitriles is 1. The molecule has 1 N–H and O–H groups in total. The van der Waals surface area contributed by atoms with Crippen molar-refractivity contribution in [1.29, 1.82) is 5.26 Å². The third-order valence-electron chi connectivity index (χ3n) is 6.05. The summed E-state index contributed by atoms with van der Waals surface area (Å²) in [6.45, 7) is 1.76. The Bertz CT molecular complexity index is 1360. The van der Waals surface area contributed by atoms with Crippen LogP contribution in [-0.4, -0.2) is 26.5 Å². The number of carbonyl (C=O) groups excluding carboxylic acids is 1. The van der Waals surface area contributed by atoms with E-state index in [2.05, 4.69) is 5.32 Å². The minimum atomic E-state index is -0.622. The van der Waals surface area contributed by atoms with Crippen molar-refractivity contribution in [3.63, 3.8) is 0 Å². The van der Waals surface area contributed by atoms with Crippen molar-refractivity contribution < 1.29 is 4.79 Å². The predicted octanol–water partition coefficient (Wildman–Crippen LogP) is 2.36. The first kappa shape index (κ1) is 22.1. The summed E-state index contributed by atoms with van der Waals surface area (Å²) in [5.74, 6) is 0.406. The maximum absolute atomic E-state index is 12.3. The number of hydrogen-bond donors (Lipinski definition) is 1. The molecule has 4 rings (SSSR count). The van der Waals surface area contributed by atoms with Gasteiger partial charge < -0.3 is 10.2 Å². The first-order chi connectivity index (χ1) is 15.9. The topological polar surface area (TPSA) is 100 Å². The molecule has 1 fully saturated rings. The van der Waals surface area contributed by atoms with Crippen LogP contribution in [-0.2, 0) is 32.0 Å².